The van der Waals surface area contributed by atoms with Crippen LogP contribution < -0.4 is 14.9 Å². The fourth-order valence-electron chi connectivity index (χ4n) is 2.86. The van der Waals surface area contributed by atoms with E-state index < -0.39 is 0 Å². The number of carbonyl (C=O) groups excluding carboxylic acids is 1. The molecule has 0 fully saturated rings. The van der Waals surface area contributed by atoms with Gasteiger partial charge in [-0.25, -0.2) is 0 Å². The first-order valence-corrected chi connectivity index (χ1v) is 8.78. The fourth-order valence-corrected chi connectivity index (χ4v) is 3.96. The Morgan fingerprint density at radius 3 is 2.50 bits per heavy atom. The molecule has 0 bridgehead atoms. The lowest BCUT2D eigenvalue weighted by molar-refractivity contribution is 0.112. The molecule has 1 heterocycles. The van der Waals surface area contributed by atoms with Crippen LogP contribution in [-0.4, -0.2) is 13.4 Å². The molecule has 3 aromatic carbocycles. The minimum absolute atomic E-state index is 0.0616. The van der Waals surface area contributed by atoms with E-state index in [2.05, 4.69) is 0 Å². The van der Waals surface area contributed by atoms with Gasteiger partial charge in [0, 0.05) is 20.3 Å². The normalized spacial score (nSPS) is 10.8. The molecule has 0 unspecified atom stereocenters. The average Bonchev–Trinajstić information content (AvgIpc) is 2.68. The predicted molar refractivity (Wildman–Crippen MR) is 104 cm³/mol. The molecular weight excluding hydrogens is 348 g/mol. The molecule has 1 aromatic heterocycles. The Kier molecular flexibility index (Phi) is 4.14. The van der Waals surface area contributed by atoms with Gasteiger partial charge >= 0.3 is 0 Å². The van der Waals surface area contributed by atoms with Crippen LogP contribution >= 0.6 is 11.3 Å². The van der Waals surface area contributed by atoms with Gasteiger partial charge in [-0.15, -0.1) is 11.3 Å². The second-order valence-corrected chi connectivity index (χ2v) is 6.77. The smallest absolute Gasteiger partial charge is 0.199 e. The van der Waals surface area contributed by atoms with Crippen LogP contribution in [0.15, 0.2) is 65.5 Å². The molecule has 4 nitrogen and oxygen atoms in total. The summed E-state index contributed by atoms with van der Waals surface area (Å²) in [5, 5.41) is 1.21. The van der Waals surface area contributed by atoms with Gasteiger partial charge in [-0.1, -0.05) is 18.2 Å². The zero-order chi connectivity index (χ0) is 18.1. The molecule has 0 spiro atoms. The summed E-state index contributed by atoms with van der Waals surface area (Å²) >= 11 is 1.55. The van der Waals surface area contributed by atoms with Crippen molar-refractivity contribution in [1.29, 1.82) is 0 Å². The Balaban J connectivity index is 1.91. The molecule has 0 saturated carbocycles. The lowest BCUT2D eigenvalue weighted by Crippen LogP contribution is -2.03. The maximum Gasteiger partial charge on any atom is 0.199 e. The number of aldehydes is 1. The van der Waals surface area contributed by atoms with Crippen molar-refractivity contribution in [3.63, 3.8) is 0 Å². The van der Waals surface area contributed by atoms with Crippen LogP contribution in [0.25, 0.3) is 20.2 Å². The van der Waals surface area contributed by atoms with Crippen LogP contribution in [0.4, 0.5) is 0 Å². The van der Waals surface area contributed by atoms with E-state index in [1.165, 1.54) is 7.11 Å². The monoisotopic (exact) mass is 362 g/mol. The first-order valence-electron chi connectivity index (χ1n) is 7.97. The fraction of sp³-hybridized carbons (Fsp3) is 0.0476. The van der Waals surface area contributed by atoms with Crippen LogP contribution in [0.5, 0.6) is 17.2 Å². The summed E-state index contributed by atoms with van der Waals surface area (Å²) in [4.78, 5) is 24.0. The molecule has 128 valence electrons. The Labute approximate surface area is 153 Å². The van der Waals surface area contributed by atoms with E-state index in [4.69, 9.17) is 9.47 Å². The van der Waals surface area contributed by atoms with Crippen LogP contribution in [-0.2, 0) is 0 Å². The third-order valence-corrected chi connectivity index (χ3v) is 5.25. The minimum atomic E-state index is -0.0616. The Bertz CT molecular complexity index is 1190. The number of hydrogen-bond acceptors (Lipinski definition) is 5. The second kappa shape index (κ2) is 6.61. The largest absolute Gasteiger partial charge is 0.493 e. The van der Waals surface area contributed by atoms with Gasteiger partial charge in [0.2, 0.25) is 0 Å². The van der Waals surface area contributed by atoms with Crippen LogP contribution in [0, 0.1) is 0 Å². The quantitative estimate of drug-likeness (QED) is 0.377. The first-order chi connectivity index (χ1) is 12.7. The highest BCUT2D eigenvalue weighted by molar-refractivity contribution is 7.24. The Hall–Kier alpha value is -3.18. The van der Waals surface area contributed by atoms with E-state index in [1.807, 2.05) is 36.4 Å². The van der Waals surface area contributed by atoms with E-state index in [0.29, 0.717) is 33.6 Å². The van der Waals surface area contributed by atoms with E-state index in [9.17, 15) is 9.59 Å². The van der Waals surface area contributed by atoms with Crippen LogP contribution in [0.1, 0.15) is 10.4 Å². The van der Waals surface area contributed by atoms with E-state index in [-0.39, 0.29) is 5.43 Å². The van der Waals surface area contributed by atoms with Crippen molar-refractivity contribution in [2.45, 2.75) is 0 Å². The number of ether oxygens (including phenoxy) is 2. The minimum Gasteiger partial charge on any atom is -0.493 e. The number of rotatable bonds is 4. The van der Waals surface area contributed by atoms with E-state index in [1.54, 1.807) is 35.6 Å². The highest BCUT2D eigenvalue weighted by Crippen LogP contribution is 2.36. The SMILES string of the molecule is COc1cc(C=O)ccc1Oc1cccc2sc3ccccc3c(=O)c12. The van der Waals surface area contributed by atoms with Crippen LogP contribution in [0.3, 0.4) is 0 Å². The summed E-state index contributed by atoms with van der Waals surface area (Å²) in [7, 11) is 1.51. The Morgan fingerprint density at radius 1 is 0.885 bits per heavy atom. The Morgan fingerprint density at radius 2 is 1.69 bits per heavy atom. The summed E-state index contributed by atoms with van der Waals surface area (Å²) in [5.74, 6) is 1.35. The van der Waals surface area contributed by atoms with Gasteiger partial charge < -0.3 is 9.47 Å². The second-order valence-electron chi connectivity index (χ2n) is 5.69. The highest BCUT2D eigenvalue weighted by Gasteiger charge is 2.13. The third kappa shape index (κ3) is 2.72. The molecule has 4 rings (SSSR count). The number of methoxy groups -OCH3 is 1. The zero-order valence-electron chi connectivity index (χ0n) is 13.9. The molecule has 0 aliphatic carbocycles. The van der Waals surface area contributed by atoms with Gasteiger partial charge in [-0.3, -0.25) is 9.59 Å². The van der Waals surface area contributed by atoms with Crippen molar-refractivity contribution in [3.05, 3.63) is 76.5 Å². The van der Waals surface area contributed by atoms with Gasteiger partial charge in [0.05, 0.1) is 12.5 Å². The molecule has 0 radical (unpaired) electrons. The van der Waals surface area contributed by atoms with E-state index in [0.717, 1.165) is 15.7 Å². The zero-order valence-corrected chi connectivity index (χ0v) is 14.7. The number of carbonyl (C=O) groups is 1. The van der Waals surface area contributed by atoms with Crippen molar-refractivity contribution in [2.24, 2.45) is 0 Å². The summed E-state index contributed by atoms with van der Waals surface area (Å²) < 4.78 is 13.1. The van der Waals surface area contributed by atoms with Crippen molar-refractivity contribution < 1.29 is 14.3 Å². The maximum absolute atomic E-state index is 13.0. The van der Waals surface area contributed by atoms with Crippen molar-refractivity contribution >= 4 is 37.8 Å². The molecule has 0 atom stereocenters. The molecule has 5 heteroatoms. The predicted octanol–water partition coefficient (Wildman–Crippen LogP) is 5.03. The molecular formula is C21H14O4S. The van der Waals surface area contributed by atoms with Crippen molar-refractivity contribution in [2.75, 3.05) is 7.11 Å². The maximum atomic E-state index is 13.0. The number of hydrogen-bond donors (Lipinski definition) is 0. The average molecular weight is 362 g/mol. The lowest BCUT2D eigenvalue weighted by atomic mass is 10.1. The lowest BCUT2D eigenvalue weighted by Gasteiger charge is -2.12. The molecule has 4 aromatic rings. The van der Waals surface area contributed by atoms with Gasteiger partial charge in [0.15, 0.2) is 16.9 Å². The molecule has 0 aliphatic heterocycles. The van der Waals surface area contributed by atoms with Gasteiger partial charge in [-0.05, 0) is 42.5 Å². The number of benzene rings is 3. The first kappa shape index (κ1) is 16.3. The number of fused-ring (bicyclic) bond motifs is 2. The van der Waals surface area contributed by atoms with Gasteiger partial charge in [-0.2, -0.15) is 0 Å². The van der Waals surface area contributed by atoms with Gasteiger partial charge in [0.25, 0.3) is 0 Å². The summed E-state index contributed by atoms with van der Waals surface area (Å²) in [5.41, 5.74) is 0.429. The van der Waals surface area contributed by atoms with Gasteiger partial charge in [0.1, 0.15) is 12.0 Å². The third-order valence-electron chi connectivity index (χ3n) is 4.11. The molecule has 0 aliphatic rings. The summed E-state index contributed by atoms with van der Waals surface area (Å²) in [6.45, 7) is 0. The molecule has 0 N–H and O–H groups in total. The van der Waals surface area contributed by atoms with Crippen molar-refractivity contribution in [1.82, 2.24) is 0 Å². The van der Waals surface area contributed by atoms with Crippen molar-refractivity contribution in [3.8, 4) is 17.2 Å². The standard InChI is InChI=1S/C21H14O4S/c1-24-17-11-13(12-22)9-10-15(17)25-16-6-4-8-19-20(16)21(23)14-5-2-3-7-18(14)26-19/h2-12H,1H3. The van der Waals surface area contributed by atoms with E-state index >= 15 is 0 Å². The van der Waals surface area contributed by atoms with Crippen LogP contribution in [0.2, 0.25) is 0 Å². The summed E-state index contributed by atoms with van der Waals surface area (Å²) in [6, 6.07) is 18.0. The molecule has 0 saturated heterocycles. The highest BCUT2D eigenvalue weighted by atomic mass is 32.1. The molecule has 26 heavy (non-hydrogen) atoms. The summed E-state index contributed by atoms with van der Waals surface area (Å²) in [6.07, 6.45) is 0.744. The molecule has 0 amide bonds. The topological polar surface area (TPSA) is 52.6 Å².